The van der Waals surface area contributed by atoms with E-state index in [1.54, 1.807) is 30.0 Å². The fraction of sp³-hybridized carbons (Fsp3) is 0.333. The summed E-state index contributed by atoms with van der Waals surface area (Å²) in [6.45, 7) is 6.96. The van der Waals surface area contributed by atoms with E-state index in [0.29, 0.717) is 27.5 Å². The van der Waals surface area contributed by atoms with E-state index < -0.39 is 0 Å². The Bertz CT molecular complexity index is 963. The average molecular weight is 454 g/mol. The van der Waals surface area contributed by atoms with Gasteiger partial charge < -0.3 is 9.30 Å². The van der Waals surface area contributed by atoms with Crippen LogP contribution in [0.25, 0.3) is 0 Å². The summed E-state index contributed by atoms with van der Waals surface area (Å²) in [7, 11) is 0. The van der Waals surface area contributed by atoms with Gasteiger partial charge in [0.05, 0.1) is 10.0 Å². The predicted molar refractivity (Wildman–Crippen MR) is 116 cm³/mol. The standard InChI is InChI=1S/C21H22Cl2FN3OS/c1-13(2)11-27-20(14(3)28-17-7-5-16(24)6-8-17)25-26-21(27)29-12-15-4-9-18(22)19(23)10-15/h4-10,13-14H,11-12H2,1-3H3. The highest BCUT2D eigenvalue weighted by Crippen LogP contribution is 2.29. The summed E-state index contributed by atoms with van der Waals surface area (Å²) in [5.41, 5.74) is 1.06. The van der Waals surface area contributed by atoms with E-state index in [1.807, 2.05) is 19.1 Å². The molecule has 0 saturated carbocycles. The molecule has 0 fully saturated rings. The lowest BCUT2D eigenvalue weighted by molar-refractivity contribution is 0.207. The number of halogens is 3. The number of benzene rings is 2. The Kier molecular flexibility index (Phi) is 7.44. The van der Waals surface area contributed by atoms with E-state index in [1.165, 1.54) is 12.1 Å². The molecule has 29 heavy (non-hydrogen) atoms. The molecule has 2 aromatic carbocycles. The van der Waals surface area contributed by atoms with Crippen molar-refractivity contribution in [3.63, 3.8) is 0 Å². The molecule has 8 heteroatoms. The van der Waals surface area contributed by atoms with Crippen LogP contribution in [0, 0.1) is 11.7 Å². The highest BCUT2D eigenvalue weighted by Gasteiger charge is 2.20. The van der Waals surface area contributed by atoms with Crippen molar-refractivity contribution in [2.24, 2.45) is 5.92 Å². The lowest BCUT2D eigenvalue weighted by Crippen LogP contribution is -2.15. The normalized spacial score (nSPS) is 12.4. The van der Waals surface area contributed by atoms with Crippen molar-refractivity contribution < 1.29 is 9.13 Å². The average Bonchev–Trinajstić information content (AvgIpc) is 3.06. The van der Waals surface area contributed by atoms with Gasteiger partial charge in [-0.05, 0) is 54.8 Å². The quantitative estimate of drug-likeness (QED) is 0.351. The molecule has 1 aromatic heterocycles. The fourth-order valence-corrected chi connectivity index (χ4v) is 4.01. The van der Waals surface area contributed by atoms with Crippen LogP contribution >= 0.6 is 35.0 Å². The molecule has 0 saturated heterocycles. The SMILES string of the molecule is CC(C)Cn1c(SCc2ccc(Cl)c(Cl)c2)nnc1C(C)Oc1ccc(F)cc1. The van der Waals surface area contributed by atoms with Crippen molar-refractivity contribution in [2.75, 3.05) is 0 Å². The summed E-state index contributed by atoms with van der Waals surface area (Å²) < 4.78 is 21.2. The molecule has 1 heterocycles. The van der Waals surface area contributed by atoms with Crippen LogP contribution in [0.1, 0.15) is 38.3 Å². The highest BCUT2D eigenvalue weighted by molar-refractivity contribution is 7.98. The molecule has 0 radical (unpaired) electrons. The van der Waals surface area contributed by atoms with Gasteiger partial charge in [0.1, 0.15) is 11.6 Å². The number of hydrogen-bond donors (Lipinski definition) is 0. The molecule has 0 aliphatic rings. The molecule has 154 valence electrons. The van der Waals surface area contributed by atoms with E-state index in [9.17, 15) is 4.39 Å². The zero-order valence-electron chi connectivity index (χ0n) is 16.4. The fourth-order valence-electron chi connectivity index (χ4n) is 2.79. The summed E-state index contributed by atoms with van der Waals surface area (Å²) in [4.78, 5) is 0. The van der Waals surface area contributed by atoms with Crippen molar-refractivity contribution in [3.8, 4) is 5.75 Å². The zero-order chi connectivity index (χ0) is 21.0. The second kappa shape index (κ2) is 9.83. The lowest BCUT2D eigenvalue weighted by Gasteiger charge is -2.18. The largest absolute Gasteiger partial charge is 0.483 e. The van der Waals surface area contributed by atoms with Gasteiger partial charge in [0.2, 0.25) is 0 Å². The van der Waals surface area contributed by atoms with E-state index in [0.717, 1.165) is 23.1 Å². The summed E-state index contributed by atoms with van der Waals surface area (Å²) in [6.07, 6.45) is -0.328. The maximum atomic E-state index is 13.1. The minimum Gasteiger partial charge on any atom is -0.483 e. The van der Waals surface area contributed by atoms with Gasteiger partial charge in [0.25, 0.3) is 0 Å². The van der Waals surface area contributed by atoms with Crippen LogP contribution < -0.4 is 4.74 Å². The number of ether oxygens (including phenoxy) is 1. The molecule has 1 unspecified atom stereocenters. The van der Waals surface area contributed by atoms with Crippen molar-refractivity contribution in [2.45, 2.75) is 44.3 Å². The molecule has 4 nitrogen and oxygen atoms in total. The molecule has 0 spiro atoms. The van der Waals surface area contributed by atoms with Crippen molar-refractivity contribution in [1.82, 2.24) is 14.8 Å². The third-order valence-electron chi connectivity index (χ3n) is 4.14. The van der Waals surface area contributed by atoms with E-state index in [2.05, 4.69) is 28.6 Å². The van der Waals surface area contributed by atoms with Crippen LogP contribution in [0.5, 0.6) is 5.75 Å². The van der Waals surface area contributed by atoms with Gasteiger partial charge in [0, 0.05) is 12.3 Å². The van der Waals surface area contributed by atoms with Crippen molar-refractivity contribution >= 4 is 35.0 Å². The van der Waals surface area contributed by atoms with Gasteiger partial charge >= 0.3 is 0 Å². The number of thioether (sulfide) groups is 1. The summed E-state index contributed by atoms with van der Waals surface area (Å²) >= 11 is 13.7. The second-order valence-electron chi connectivity index (χ2n) is 7.10. The summed E-state index contributed by atoms with van der Waals surface area (Å²) in [6, 6.07) is 11.6. The maximum Gasteiger partial charge on any atom is 0.191 e. The topological polar surface area (TPSA) is 39.9 Å². The van der Waals surface area contributed by atoms with Crippen LogP contribution in [-0.2, 0) is 12.3 Å². The Morgan fingerprint density at radius 1 is 1.03 bits per heavy atom. The molecular weight excluding hydrogens is 432 g/mol. The smallest absolute Gasteiger partial charge is 0.191 e. The zero-order valence-corrected chi connectivity index (χ0v) is 18.7. The molecule has 1 atom stereocenters. The monoisotopic (exact) mass is 453 g/mol. The second-order valence-corrected chi connectivity index (χ2v) is 8.85. The number of aromatic nitrogens is 3. The molecule has 3 rings (SSSR count). The Balaban J connectivity index is 1.77. The van der Waals surface area contributed by atoms with Gasteiger partial charge in [0.15, 0.2) is 17.1 Å². The maximum absolute atomic E-state index is 13.1. The molecule has 0 bridgehead atoms. The van der Waals surface area contributed by atoms with Gasteiger partial charge in [-0.25, -0.2) is 4.39 Å². The minimum atomic E-state index is -0.328. The van der Waals surface area contributed by atoms with E-state index >= 15 is 0 Å². The predicted octanol–water partition coefficient (Wildman–Crippen LogP) is 6.81. The van der Waals surface area contributed by atoms with Gasteiger partial charge in [-0.1, -0.05) is 54.9 Å². The van der Waals surface area contributed by atoms with Gasteiger partial charge in [-0.3, -0.25) is 0 Å². The third kappa shape index (κ3) is 5.87. The first-order chi connectivity index (χ1) is 13.8. The molecule has 3 aromatic rings. The van der Waals surface area contributed by atoms with E-state index in [4.69, 9.17) is 27.9 Å². The van der Waals surface area contributed by atoms with Crippen LogP contribution in [0.4, 0.5) is 4.39 Å². The first kappa shape index (κ1) is 21.9. The van der Waals surface area contributed by atoms with Gasteiger partial charge in [-0.2, -0.15) is 0 Å². The molecule has 0 N–H and O–H groups in total. The molecule has 0 aliphatic heterocycles. The number of rotatable bonds is 8. The first-order valence-corrected chi connectivity index (χ1v) is 11.0. The summed E-state index contributed by atoms with van der Waals surface area (Å²) in [5, 5.41) is 10.6. The Morgan fingerprint density at radius 2 is 1.76 bits per heavy atom. The Hall–Kier alpha value is -1.76. The van der Waals surface area contributed by atoms with Crippen molar-refractivity contribution in [1.29, 1.82) is 0 Å². The van der Waals surface area contributed by atoms with Crippen LogP contribution in [-0.4, -0.2) is 14.8 Å². The van der Waals surface area contributed by atoms with Crippen LogP contribution in [0.3, 0.4) is 0 Å². The van der Waals surface area contributed by atoms with Crippen LogP contribution in [0.2, 0.25) is 10.0 Å². The number of nitrogens with zero attached hydrogens (tertiary/aromatic N) is 3. The Morgan fingerprint density at radius 3 is 2.41 bits per heavy atom. The molecule has 0 aliphatic carbocycles. The molecule has 0 amide bonds. The number of hydrogen-bond acceptors (Lipinski definition) is 4. The lowest BCUT2D eigenvalue weighted by atomic mass is 10.2. The minimum absolute atomic E-state index is 0.297. The summed E-state index contributed by atoms with van der Waals surface area (Å²) in [5.74, 6) is 2.13. The van der Waals surface area contributed by atoms with Crippen LogP contribution in [0.15, 0.2) is 47.6 Å². The highest BCUT2D eigenvalue weighted by atomic mass is 35.5. The first-order valence-electron chi connectivity index (χ1n) is 9.25. The molecular formula is C21H22Cl2FN3OS. The van der Waals surface area contributed by atoms with E-state index in [-0.39, 0.29) is 11.9 Å². The Labute approximate surface area is 184 Å². The third-order valence-corrected chi connectivity index (χ3v) is 5.91. The van der Waals surface area contributed by atoms with Gasteiger partial charge in [-0.15, -0.1) is 10.2 Å². The van der Waals surface area contributed by atoms with Crippen molar-refractivity contribution in [3.05, 3.63) is 69.7 Å².